The molecule has 0 aromatic heterocycles. The van der Waals surface area contributed by atoms with Crippen molar-refractivity contribution in [2.75, 3.05) is 27.1 Å². The number of hydrogen-bond acceptors (Lipinski definition) is 3. The van der Waals surface area contributed by atoms with Crippen LogP contribution in [0.5, 0.6) is 0 Å². The molecule has 3 heteroatoms. The van der Waals surface area contributed by atoms with E-state index in [1.165, 1.54) is 0 Å². The molecule has 0 aliphatic carbocycles. The molecule has 0 unspecified atom stereocenters. The first-order valence-electron chi connectivity index (χ1n) is 5.79. The van der Waals surface area contributed by atoms with Crippen LogP contribution in [0, 0.1) is 0 Å². The zero-order valence-electron chi connectivity index (χ0n) is 11.5. The van der Waals surface area contributed by atoms with Crippen molar-refractivity contribution in [3.8, 4) is 0 Å². The number of rotatable bonds is 0. The summed E-state index contributed by atoms with van der Waals surface area (Å²) in [5.74, 6) is 0. The lowest BCUT2D eigenvalue weighted by molar-refractivity contribution is -0.0926. The summed E-state index contributed by atoms with van der Waals surface area (Å²) in [6.45, 7) is 16.9. The van der Waals surface area contributed by atoms with Gasteiger partial charge in [0.1, 0.15) is 0 Å². The second kappa shape index (κ2) is 4.04. The molecule has 3 nitrogen and oxygen atoms in total. The molecule has 1 fully saturated rings. The van der Waals surface area contributed by atoms with Crippen molar-refractivity contribution in [2.45, 2.75) is 52.6 Å². The van der Waals surface area contributed by atoms with E-state index in [-0.39, 0.29) is 11.1 Å². The lowest BCUT2D eigenvalue weighted by atomic mass is 10.0. The fourth-order valence-corrected chi connectivity index (χ4v) is 1.77. The lowest BCUT2D eigenvalue weighted by Gasteiger charge is -2.50. The van der Waals surface area contributed by atoms with E-state index in [1.54, 1.807) is 0 Å². The van der Waals surface area contributed by atoms with E-state index in [9.17, 15) is 0 Å². The van der Waals surface area contributed by atoms with E-state index < -0.39 is 0 Å². The van der Waals surface area contributed by atoms with Crippen molar-refractivity contribution >= 4 is 0 Å². The van der Waals surface area contributed by atoms with E-state index in [4.69, 9.17) is 0 Å². The Kier molecular flexibility index (Phi) is 3.49. The lowest BCUT2D eigenvalue weighted by Crippen LogP contribution is -2.62. The molecule has 0 amide bonds. The van der Waals surface area contributed by atoms with Gasteiger partial charge >= 0.3 is 0 Å². The van der Waals surface area contributed by atoms with Gasteiger partial charge in [-0.15, -0.1) is 0 Å². The topological polar surface area (TPSA) is 9.72 Å². The molecule has 0 spiro atoms. The van der Waals surface area contributed by atoms with Gasteiger partial charge in [-0.2, -0.15) is 0 Å². The standard InChI is InChI=1S/C12H27N3/c1-11(2,3)14-8-13(7)9-15(10-14)12(4,5)6/h8-10H2,1-7H3. The molecule has 1 heterocycles. The normalized spacial score (nSPS) is 23.4. The highest BCUT2D eigenvalue weighted by molar-refractivity contribution is 4.84. The van der Waals surface area contributed by atoms with Gasteiger partial charge in [-0.3, -0.25) is 14.7 Å². The zero-order valence-corrected chi connectivity index (χ0v) is 11.5. The third-order valence-corrected chi connectivity index (χ3v) is 3.06. The van der Waals surface area contributed by atoms with Crippen LogP contribution in [0.15, 0.2) is 0 Å². The van der Waals surface area contributed by atoms with E-state index in [2.05, 4.69) is 63.3 Å². The Bertz CT molecular complexity index is 190. The Labute approximate surface area is 95.0 Å². The predicted octanol–water partition coefficient (Wildman–Crippen LogP) is 2.01. The molecule has 1 saturated heterocycles. The van der Waals surface area contributed by atoms with Crippen molar-refractivity contribution in [1.82, 2.24) is 14.7 Å². The van der Waals surface area contributed by atoms with Crippen molar-refractivity contribution in [1.29, 1.82) is 0 Å². The molecule has 15 heavy (non-hydrogen) atoms. The smallest absolute Gasteiger partial charge is 0.0540 e. The monoisotopic (exact) mass is 213 g/mol. The van der Waals surface area contributed by atoms with Gasteiger partial charge in [0.15, 0.2) is 0 Å². The second-order valence-electron chi connectivity index (χ2n) is 6.70. The summed E-state index contributed by atoms with van der Waals surface area (Å²) in [4.78, 5) is 7.41. The second-order valence-corrected chi connectivity index (χ2v) is 6.70. The van der Waals surface area contributed by atoms with Gasteiger partial charge < -0.3 is 0 Å². The molecule has 90 valence electrons. The summed E-state index contributed by atoms with van der Waals surface area (Å²) in [5.41, 5.74) is 0.496. The van der Waals surface area contributed by atoms with Crippen LogP contribution in [0.25, 0.3) is 0 Å². The zero-order chi connectivity index (χ0) is 11.9. The minimum atomic E-state index is 0.248. The van der Waals surface area contributed by atoms with Gasteiger partial charge in [-0.05, 0) is 48.6 Å². The molecule has 0 aromatic carbocycles. The fourth-order valence-electron chi connectivity index (χ4n) is 1.77. The van der Waals surface area contributed by atoms with Crippen LogP contribution in [0.4, 0.5) is 0 Å². The van der Waals surface area contributed by atoms with E-state index >= 15 is 0 Å². The Morgan fingerprint density at radius 3 is 1.27 bits per heavy atom. The number of hydrogen-bond donors (Lipinski definition) is 0. The summed E-state index contributed by atoms with van der Waals surface area (Å²) in [5, 5.41) is 0. The highest BCUT2D eigenvalue weighted by Gasteiger charge is 2.33. The summed E-state index contributed by atoms with van der Waals surface area (Å²) in [6, 6.07) is 0. The highest BCUT2D eigenvalue weighted by atomic mass is 15.5. The van der Waals surface area contributed by atoms with Crippen LogP contribution in [0.1, 0.15) is 41.5 Å². The SMILES string of the molecule is CN1CN(C(C)(C)C)CN(C(C)(C)C)C1. The predicted molar refractivity (Wildman–Crippen MR) is 65.5 cm³/mol. The summed E-state index contributed by atoms with van der Waals surface area (Å²) < 4.78 is 0. The molecule has 0 radical (unpaired) electrons. The summed E-state index contributed by atoms with van der Waals surface area (Å²) in [7, 11) is 2.19. The fraction of sp³-hybridized carbons (Fsp3) is 1.00. The van der Waals surface area contributed by atoms with Gasteiger partial charge in [-0.1, -0.05) is 0 Å². The van der Waals surface area contributed by atoms with Gasteiger partial charge in [-0.25, -0.2) is 0 Å². The van der Waals surface area contributed by atoms with Gasteiger partial charge in [0.2, 0.25) is 0 Å². The van der Waals surface area contributed by atoms with Crippen molar-refractivity contribution in [3.63, 3.8) is 0 Å². The molecule has 1 aliphatic heterocycles. The molecule has 0 saturated carbocycles. The minimum absolute atomic E-state index is 0.248. The van der Waals surface area contributed by atoms with Crippen molar-refractivity contribution in [2.24, 2.45) is 0 Å². The quantitative estimate of drug-likeness (QED) is 0.609. The van der Waals surface area contributed by atoms with Crippen LogP contribution < -0.4 is 0 Å². The average Bonchev–Trinajstić information content (AvgIpc) is 1.99. The van der Waals surface area contributed by atoms with Crippen molar-refractivity contribution < 1.29 is 0 Å². The first kappa shape index (κ1) is 12.9. The summed E-state index contributed by atoms with van der Waals surface area (Å²) in [6.07, 6.45) is 0. The molecule has 1 aliphatic rings. The Morgan fingerprint density at radius 2 is 1.00 bits per heavy atom. The third kappa shape index (κ3) is 3.44. The van der Waals surface area contributed by atoms with Crippen LogP contribution in [0.3, 0.4) is 0 Å². The molecule has 0 N–H and O–H groups in total. The van der Waals surface area contributed by atoms with E-state index in [0.29, 0.717) is 0 Å². The summed E-state index contributed by atoms with van der Waals surface area (Å²) >= 11 is 0. The van der Waals surface area contributed by atoms with Crippen LogP contribution in [-0.2, 0) is 0 Å². The number of nitrogens with zero attached hydrogens (tertiary/aromatic N) is 3. The highest BCUT2D eigenvalue weighted by Crippen LogP contribution is 2.23. The van der Waals surface area contributed by atoms with Crippen LogP contribution >= 0.6 is 0 Å². The first-order chi connectivity index (χ1) is 6.60. The molecular weight excluding hydrogens is 186 g/mol. The first-order valence-corrected chi connectivity index (χ1v) is 5.79. The molecule has 1 rings (SSSR count). The van der Waals surface area contributed by atoms with E-state index in [0.717, 1.165) is 20.0 Å². The maximum absolute atomic E-state index is 2.52. The largest absolute Gasteiger partial charge is 0.280 e. The van der Waals surface area contributed by atoms with E-state index in [1.807, 2.05) is 0 Å². The van der Waals surface area contributed by atoms with Crippen LogP contribution in [0.2, 0.25) is 0 Å². The van der Waals surface area contributed by atoms with Gasteiger partial charge in [0.05, 0.1) is 20.0 Å². The van der Waals surface area contributed by atoms with Crippen LogP contribution in [-0.4, -0.2) is 52.8 Å². The van der Waals surface area contributed by atoms with Gasteiger partial charge in [0.25, 0.3) is 0 Å². The average molecular weight is 213 g/mol. The third-order valence-electron chi connectivity index (χ3n) is 3.06. The molecule has 0 bridgehead atoms. The van der Waals surface area contributed by atoms with Crippen molar-refractivity contribution in [3.05, 3.63) is 0 Å². The molecule has 0 atom stereocenters. The Hall–Kier alpha value is -0.120. The maximum Gasteiger partial charge on any atom is 0.0540 e. The molecule has 0 aromatic rings. The molecular formula is C12H27N3. The maximum atomic E-state index is 2.52. The minimum Gasteiger partial charge on any atom is -0.280 e. The Balaban J connectivity index is 2.73. The van der Waals surface area contributed by atoms with Gasteiger partial charge in [0, 0.05) is 11.1 Å². The Morgan fingerprint density at radius 1 is 0.667 bits per heavy atom.